The Hall–Kier alpha value is -1.91. The van der Waals surface area contributed by atoms with Crippen molar-refractivity contribution in [2.75, 3.05) is 0 Å². The normalized spacial score (nSPS) is 10.0. The molecule has 12 heavy (non-hydrogen) atoms. The number of aromatic nitrogens is 2. The Bertz CT molecular complexity index is 377. The molecule has 0 saturated carbocycles. The minimum atomic E-state index is 0.143. The number of carbonyl (C=O) groups is 1. The molecule has 2 aromatic rings. The van der Waals surface area contributed by atoms with Crippen LogP contribution in [0, 0.1) is 0 Å². The first-order chi connectivity index (χ1) is 5.92. The first-order valence-electron chi connectivity index (χ1n) is 3.23. The van der Waals surface area contributed by atoms with E-state index in [9.17, 15) is 4.79 Å². The topological polar surface area (TPSA) is 69.1 Å². The Morgan fingerprint density at radius 2 is 2.33 bits per heavy atom. The van der Waals surface area contributed by atoms with E-state index >= 15 is 0 Å². The standard InChI is InChI=1S/C7H4N2O3/c10-4-5-7(9-12-8-5)6-2-1-3-11-6/h1-4H. The zero-order valence-electron chi connectivity index (χ0n) is 5.93. The molecule has 0 unspecified atom stereocenters. The smallest absolute Gasteiger partial charge is 0.181 e. The predicted octanol–water partition coefficient (Wildman–Crippen LogP) is 1.14. The molecule has 0 aliphatic rings. The van der Waals surface area contributed by atoms with Crippen molar-refractivity contribution in [3.63, 3.8) is 0 Å². The summed E-state index contributed by atoms with van der Waals surface area (Å²) in [7, 11) is 0. The van der Waals surface area contributed by atoms with Crippen molar-refractivity contribution in [3.05, 3.63) is 24.1 Å². The van der Waals surface area contributed by atoms with Crippen LogP contribution < -0.4 is 0 Å². The van der Waals surface area contributed by atoms with Gasteiger partial charge in [-0.1, -0.05) is 0 Å². The van der Waals surface area contributed by atoms with Crippen molar-refractivity contribution < 1.29 is 13.8 Å². The highest BCUT2D eigenvalue weighted by Gasteiger charge is 2.12. The van der Waals surface area contributed by atoms with Crippen molar-refractivity contribution in [2.45, 2.75) is 0 Å². The molecule has 5 heteroatoms. The van der Waals surface area contributed by atoms with E-state index in [2.05, 4.69) is 14.9 Å². The highest BCUT2D eigenvalue weighted by atomic mass is 16.6. The van der Waals surface area contributed by atoms with Gasteiger partial charge in [0, 0.05) is 0 Å². The fourth-order valence-corrected chi connectivity index (χ4v) is 0.857. The Labute approximate surface area is 66.9 Å². The van der Waals surface area contributed by atoms with Crippen LogP contribution in [-0.2, 0) is 0 Å². The summed E-state index contributed by atoms with van der Waals surface area (Å²) in [5.41, 5.74) is 0.472. The second-order valence-corrected chi connectivity index (χ2v) is 2.09. The summed E-state index contributed by atoms with van der Waals surface area (Å²) in [6.07, 6.45) is 2.05. The number of carbonyl (C=O) groups excluding carboxylic acids is 1. The van der Waals surface area contributed by atoms with Gasteiger partial charge >= 0.3 is 0 Å². The van der Waals surface area contributed by atoms with E-state index in [0.29, 0.717) is 17.7 Å². The Kier molecular flexibility index (Phi) is 1.48. The van der Waals surface area contributed by atoms with Gasteiger partial charge in [-0.25, -0.2) is 4.63 Å². The van der Waals surface area contributed by atoms with Crippen LogP contribution in [0.15, 0.2) is 27.4 Å². The molecule has 0 fully saturated rings. The van der Waals surface area contributed by atoms with Crippen molar-refractivity contribution >= 4 is 6.29 Å². The SMILES string of the molecule is O=Cc1nonc1-c1ccco1. The second kappa shape index (κ2) is 2.61. The number of hydrogen-bond acceptors (Lipinski definition) is 5. The van der Waals surface area contributed by atoms with E-state index in [0.717, 1.165) is 0 Å². The summed E-state index contributed by atoms with van der Waals surface area (Å²) >= 11 is 0. The lowest BCUT2D eigenvalue weighted by molar-refractivity contribution is 0.111. The average Bonchev–Trinajstić information content (AvgIpc) is 2.74. The van der Waals surface area contributed by atoms with Crippen LogP contribution in [0.5, 0.6) is 0 Å². The van der Waals surface area contributed by atoms with Crippen molar-refractivity contribution in [2.24, 2.45) is 0 Å². The van der Waals surface area contributed by atoms with E-state index in [1.54, 1.807) is 12.1 Å². The van der Waals surface area contributed by atoms with Crippen LogP contribution >= 0.6 is 0 Å². The van der Waals surface area contributed by atoms with Gasteiger partial charge in [0.25, 0.3) is 0 Å². The molecular formula is C7H4N2O3. The molecule has 0 radical (unpaired) electrons. The van der Waals surface area contributed by atoms with Crippen molar-refractivity contribution in [1.82, 2.24) is 10.3 Å². The summed E-state index contributed by atoms with van der Waals surface area (Å²) in [5.74, 6) is 0.471. The highest BCUT2D eigenvalue weighted by Crippen LogP contribution is 2.18. The molecule has 2 aromatic heterocycles. The lowest BCUT2D eigenvalue weighted by Gasteiger charge is -1.84. The molecule has 0 N–H and O–H groups in total. The Morgan fingerprint density at radius 1 is 1.42 bits per heavy atom. The van der Waals surface area contributed by atoms with Gasteiger partial charge in [0.2, 0.25) is 0 Å². The summed E-state index contributed by atoms with van der Waals surface area (Å²) in [6, 6.07) is 3.37. The highest BCUT2D eigenvalue weighted by molar-refractivity contribution is 5.80. The van der Waals surface area contributed by atoms with Gasteiger partial charge in [0.1, 0.15) is 0 Å². The lowest BCUT2D eigenvalue weighted by Crippen LogP contribution is -1.82. The molecule has 0 saturated heterocycles. The molecule has 2 heterocycles. The van der Waals surface area contributed by atoms with Gasteiger partial charge in [-0.15, -0.1) is 0 Å². The third kappa shape index (κ3) is 0.914. The molecule has 2 rings (SSSR count). The molecule has 5 nitrogen and oxygen atoms in total. The minimum Gasteiger partial charge on any atom is -0.463 e. The quantitative estimate of drug-likeness (QED) is 0.622. The maximum atomic E-state index is 10.4. The third-order valence-corrected chi connectivity index (χ3v) is 1.38. The summed E-state index contributed by atoms with van der Waals surface area (Å²) in [6.45, 7) is 0. The maximum Gasteiger partial charge on any atom is 0.181 e. The molecule has 0 spiro atoms. The molecular weight excluding hydrogens is 160 g/mol. The molecule has 0 aliphatic heterocycles. The molecule has 0 bridgehead atoms. The molecule has 60 valence electrons. The number of nitrogens with zero attached hydrogens (tertiary/aromatic N) is 2. The van der Waals surface area contributed by atoms with Crippen molar-refractivity contribution in [3.8, 4) is 11.5 Å². The van der Waals surface area contributed by atoms with Gasteiger partial charge in [-0.3, -0.25) is 4.79 Å². The zero-order valence-corrected chi connectivity index (χ0v) is 5.93. The monoisotopic (exact) mass is 164 g/mol. The van der Waals surface area contributed by atoms with E-state index in [4.69, 9.17) is 4.42 Å². The van der Waals surface area contributed by atoms with Crippen LogP contribution in [0.25, 0.3) is 11.5 Å². The Morgan fingerprint density at radius 3 is 3.00 bits per heavy atom. The predicted molar refractivity (Wildman–Crippen MR) is 37.4 cm³/mol. The number of aldehydes is 1. The van der Waals surface area contributed by atoms with Crippen LogP contribution in [0.3, 0.4) is 0 Å². The van der Waals surface area contributed by atoms with Crippen LogP contribution in [0.1, 0.15) is 10.5 Å². The fourth-order valence-electron chi connectivity index (χ4n) is 0.857. The fraction of sp³-hybridized carbons (Fsp3) is 0. The van der Waals surface area contributed by atoms with Gasteiger partial charge in [0.15, 0.2) is 23.4 Å². The van der Waals surface area contributed by atoms with Crippen LogP contribution in [0.2, 0.25) is 0 Å². The first kappa shape index (κ1) is 6.78. The average molecular weight is 164 g/mol. The summed E-state index contributed by atoms with van der Waals surface area (Å²) in [4.78, 5) is 10.4. The van der Waals surface area contributed by atoms with Crippen molar-refractivity contribution in [1.29, 1.82) is 0 Å². The van der Waals surface area contributed by atoms with E-state index in [-0.39, 0.29) is 5.69 Å². The second-order valence-electron chi connectivity index (χ2n) is 2.09. The molecule has 0 atom stereocenters. The Balaban J connectivity index is 2.53. The van der Waals surface area contributed by atoms with E-state index < -0.39 is 0 Å². The summed E-state index contributed by atoms with van der Waals surface area (Å²) in [5, 5.41) is 6.89. The van der Waals surface area contributed by atoms with E-state index in [1.165, 1.54) is 6.26 Å². The third-order valence-electron chi connectivity index (χ3n) is 1.38. The van der Waals surface area contributed by atoms with Gasteiger partial charge in [-0.05, 0) is 22.4 Å². The van der Waals surface area contributed by atoms with Gasteiger partial charge < -0.3 is 4.42 Å². The van der Waals surface area contributed by atoms with Gasteiger partial charge in [-0.2, -0.15) is 0 Å². The van der Waals surface area contributed by atoms with Crippen LogP contribution in [-0.4, -0.2) is 16.6 Å². The zero-order chi connectivity index (χ0) is 8.39. The minimum absolute atomic E-state index is 0.143. The number of furan rings is 1. The van der Waals surface area contributed by atoms with Crippen LogP contribution in [0.4, 0.5) is 0 Å². The molecule has 0 amide bonds. The number of rotatable bonds is 2. The maximum absolute atomic E-state index is 10.4. The number of hydrogen-bond donors (Lipinski definition) is 0. The molecule has 0 aromatic carbocycles. The first-order valence-corrected chi connectivity index (χ1v) is 3.23. The van der Waals surface area contributed by atoms with E-state index in [1.807, 2.05) is 0 Å². The van der Waals surface area contributed by atoms with Gasteiger partial charge in [0.05, 0.1) is 6.26 Å². The summed E-state index contributed by atoms with van der Waals surface area (Å²) < 4.78 is 9.37. The molecule has 0 aliphatic carbocycles. The largest absolute Gasteiger partial charge is 0.463 e. The lowest BCUT2D eigenvalue weighted by atomic mass is 10.3.